The Morgan fingerprint density at radius 3 is 2.36 bits per heavy atom. The number of carbonyl (C=O) groups is 2. The summed E-state index contributed by atoms with van der Waals surface area (Å²) in [6, 6.07) is 11.6. The second-order valence-electron chi connectivity index (χ2n) is 9.99. The van der Waals surface area contributed by atoms with Crippen molar-refractivity contribution in [3.05, 3.63) is 58.2 Å². The highest BCUT2D eigenvalue weighted by Crippen LogP contribution is 2.31. The van der Waals surface area contributed by atoms with Crippen LogP contribution >= 0.6 is 23.2 Å². The van der Waals surface area contributed by atoms with E-state index in [0.717, 1.165) is 18.5 Å². The molecular formula is C28H35Cl2N5O4. The van der Waals surface area contributed by atoms with Crippen LogP contribution in [0.25, 0.3) is 5.69 Å². The molecule has 210 valence electrons. The fourth-order valence-electron chi connectivity index (χ4n) is 3.70. The molecule has 0 saturated heterocycles. The zero-order valence-corrected chi connectivity index (χ0v) is 24.6. The Hall–Kier alpha value is -3.43. The number of hydrogen-bond donors (Lipinski definition) is 2. The Morgan fingerprint density at radius 1 is 1.00 bits per heavy atom. The number of rotatable bonds is 10. The van der Waals surface area contributed by atoms with Crippen molar-refractivity contribution in [1.29, 1.82) is 0 Å². The van der Waals surface area contributed by atoms with Gasteiger partial charge in [-0.1, -0.05) is 57.3 Å². The van der Waals surface area contributed by atoms with E-state index in [4.69, 9.17) is 37.8 Å². The molecule has 0 aliphatic rings. The normalized spacial score (nSPS) is 11.2. The first-order valence-corrected chi connectivity index (χ1v) is 13.4. The van der Waals surface area contributed by atoms with Gasteiger partial charge in [0, 0.05) is 24.1 Å². The number of hydrogen-bond acceptors (Lipinski definition) is 5. The Balaban J connectivity index is 1.84. The lowest BCUT2D eigenvalue weighted by molar-refractivity contribution is -0.116. The molecule has 0 saturated carbocycles. The van der Waals surface area contributed by atoms with Crippen LogP contribution in [0.2, 0.25) is 10.0 Å². The standard InChI is InChI=1S/C28H35Cl2N5O4/c1-7-8-13-34(27(37)31-22-12-10-19(38-5)15-23(22)39-6)17-26(36)32-25-16-24(28(2,3)4)33-35(25)18-9-11-20(29)21(30)14-18/h9-12,14-16H,7-8,13,17H2,1-6H3,(H,31,37)(H,32,36). The number of methoxy groups -OCH3 is 2. The van der Waals surface area contributed by atoms with Crippen molar-refractivity contribution in [1.82, 2.24) is 14.7 Å². The Kier molecular flexibility index (Phi) is 10.1. The summed E-state index contributed by atoms with van der Waals surface area (Å²) in [5.74, 6) is 1.13. The van der Waals surface area contributed by atoms with E-state index in [0.29, 0.717) is 45.3 Å². The predicted molar refractivity (Wildman–Crippen MR) is 156 cm³/mol. The Bertz CT molecular complexity index is 1320. The number of carbonyl (C=O) groups excluding carboxylic acids is 2. The van der Waals surface area contributed by atoms with Crippen molar-refractivity contribution >= 4 is 46.6 Å². The topological polar surface area (TPSA) is 97.7 Å². The van der Waals surface area contributed by atoms with E-state index in [1.54, 1.807) is 48.2 Å². The lowest BCUT2D eigenvalue weighted by Gasteiger charge is -2.23. The maximum absolute atomic E-state index is 13.3. The molecule has 0 fully saturated rings. The number of halogens is 2. The van der Waals surface area contributed by atoms with Crippen LogP contribution in [-0.4, -0.2) is 53.9 Å². The highest BCUT2D eigenvalue weighted by molar-refractivity contribution is 6.42. The molecule has 3 aromatic rings. The molecule has 9 nitrogen and oxygen atoms in total. The van der Waals surface area contributed by atoms with Crippen LogP contribution in [0.4, 0.5) is 16.3 Å². The third-order valence-electron chi connectivity index (χ3n) is 5.95. The molecule has 1 heterocycles. The van der Waals surface area contributed by atoms with E-state index in [1.807, 2.05) is 33.8 Å². The monoisotopic (exact) mass is 575 g/mol. The SMILES string of the molecule is CCCCN(CC(=O)Nc1cc(C(C)(C)C)nn1-c1ccc(Cl)c(Cl)c1)C(=O)Nc1ccc(OC)cc1OC. The Labute approximate surface area is 239 Å². The smallest absolute Gasteiger partial charge is 0.322 e. The van der Waals surface area contributed by atoms with Crippen molar-refractivity contribution in [3.8, 4) is 17.2 Å². The third kappa shape index (κ3) is 7.80. The molecule has 3 amide bonds. The molecule has 0 aliphatic heterocycles. The summed E-state index contributed by atoms with van der Waals surface area (Å²) in [4.78, 5) is 27.9. The fraction of sp³-hybridized carbons (Fsp3) is 0.393. The van der Waals surface area contributed by atoms with E-state index in [2.05, 4.69) is 10.6 Å². The first-order valence-electron chi connectivity index (χ1n) is 12.6. The molecule has 3 rings (SSSR count). The average Bonchev–Trinajstić information content (AvgIpc) is 3.32. The number of benzene rings is 2. The molecule has 0 radical (unpaired) electrons. The molecule has 0 atom stereocenters. The second kappa shape index (κ2) is 13.1. The van der Waals surface area contributed by atoms with E-state index < -0.39 is 6.03 Å². The molecule has 0 aliphatic carbocycles. The maximum atomic E-state index is 13.3. The molecule has 11 heteroatoms. The minimum Gasteiger partial charge on any atom is -0.497 e. The van der Waals surface area contributed by atoms with Crippen molar-refractivity contribution in [2.24, 2.45) is 0 Å². The summed E-state index contributed by atoms with van der Waals surface area (Å²) in [5.41, 5.74) is 1.61. The Morgan fingerprint density at radius 2 is 1.74 bits per heavy atom. The van der Waals surface area contributed by atoms with Crippen LogP contribution in [0.3, 0.4) is 0 Å². The molecule has 0 bridgehead atoms. The molecule has 0 unspecified atom stereocenters. The quantitative estimate of drug-likeness (QED) is 0.278. The number of nitrogens with zero attached hydrogens (tertiary/aromatic N) is 3. The van der Waals surface area contributed by atoms with Gasteiger partial charge < -0.3 is 25.0 Å². The zero-order valence-electron chi connectivity index (χ0n) is 23.1. The fourth-order valence-corrected chi connectivity index (χ4v) is 4.00. The summed E-state index contributed by atoms with van der Waals surface area (Å²) in [6.07, 6.45) is 1.59. The van der Waals surface area contributed by atoms with E-state index in [-0.39, 0.29) is 17.9 Å². The average molecular weight is 577 g/mol. The van der Waals surface area contributed by atoms with Gasteiger partial charge in [-0.3, -0.25) is 4.79 Å². The third-order valence-corrected chi connectivity index (χ3v) is 6.69. The molecule has 1 aromatic heterocycles. The summed E-state index contributed by atoms with van der Waals surface area (Å²) in [5, 5.41) is 11.3. The van der Waals surface area contributed by atoms with Crippen molar-refractivity contribution < 1.29 is 19.1 Å². The minimum absolute atomic E-state index is 0.165. The van der Waals surface area contributed by atoms with Gasteiger partial charge in [0.1, 0.15) is 23.9 Å². The second-order valence-corrected chi connectivity index (χ2v) is 10.8. The molecule has 2 N–H and O–H groups in total. The largest absolute Gasteiger partial charge is 0.497 e. The number of nitrogens with one attached hydrogen (secondary N) is 2. The van der Waals surface area contributed by atoms with Gasteiger partial charge in [0.25, 0.3) is 0 Å². The summed E-state index contributed by atoms with van der Waals surface area (Å²) in [7, 11) is 3.06. The van der Waals surface area contributed by atoms with Crippen LogP contribution in [0.15, 0.2) is 42.5 Å². The van der Waals surface area contributed by atoms with Gasteiger partial charge in [-0.25, -0.2) is 9.48 Å². The van der Waals surface area contributed by atoms with Crippen LogP contribution < -0.4 is 20.1 Å². The number of anilines is 2. The number of amides is 3. The van der Waals surface area contributed by atoms with Crippen LogP contribution in [0.1, 0.15) is 46.2 Å². The molecular weight excluding hydrogens is 541 g/mol. The zero-order chi connectivity index (χ0) is 28.7. The van der Waals surface area contributed by atoms with Gasteiger partial charge in [0.2, 0.25) is 5.91 Å². The predicted octanol–water partition coefficient (Wildman–Crippen LogP) is 6.77. The van der Waals surface area contributed by atoms with Gasteiger partial charge in [-0.2, -0.15) is 5.10 Å². The maximum Gasteiger partial charge on any atom is 0.322 e. The highest BCUT2D eigenvalue weighted by Gasteiger charge is 2.24. The van der Waals surface area contributed by atoms with Gasteiger partial charge in [0.05, 0.1) is 41.3 Å². The molecule has 0 spiro atoms. The lowest BCUT2D eigenvalue weighted by Crippen LogP contribution is -2.41. The van der Waals surface area contributed by atoms with Crippen LogP contribution in [0, 0.1) is 0 Å². The van der Waals surface area contributed by atoms with E-state index >= 15 is 0 Å². The first-order chi connectivity index (χ1) is 18.5. The number of ether oxygens (including phenoxy) is 2. The minimum atomic E-state index is -0.421. The van der Waals surface area contributed by atoms with Crippen LogP contribution in [-0.2, 0) is 10.2 Å². The lowest BCUT2D eigenvalue weighted by atomic mass is 9.92. The van der Waals surface area contributed by atoms with E-state index in [9.17, 15) is 9.59 Å². The number of unbranched alkanes of at least 4 members (excludes halogenated alkanes) is 1. The van der Waals surface area contributed by atoms with Crippen LogP contribution in [0.5, 0.6) is 11.5 Å². The number of aromatic nitrogens is 2. The molecule has 2 aromatic carbocycles. The molecule has 39 heavy (non-hydrogen) atoms. The van der Waals surface area contributed by atoms with Gasteiger partial charge in [-0.05, 0) is 36.8 Å². The first kappa shape index (κ1) is 30.1. The van der Waals surface area contributed by atoms with Crippen molar-refractivity contribution in [3.63, 3.8) is 0 Å². The van der Waals surface area contributed by atoms with Crippen molar-refractivity contribution in [2.75, 3.05) is 37.9 Å². The summed E-state index contributed by atoms with van der Waals surface area (Å²) >= 11 is 12.4. The van der Waals surface area contributed by atoms with Gasteiger partial charge >= 0.3 is 6.03 Å². The van der Waals surface area contributed by atoms with Crippen molar-refractivity contribution in [2.45, 2.75) is 46.0 Å². The summed E-state index contributed by atoms with van der Waals surface area (Å²) in [6.45, 7) is 8.35. The number of urea groups is 1. The van der Waals surface area contributed by atoms with Gasteiger partial charge in [0.15, 0.2) is 0 Å². The highest BCUT2D eigenvalue weighted by atomic mass is 35.5. The summed E-state index contributed by atoms with van der Waals surface area (Å²) < 4.78 is 12.2. The van der Waals surface area contributed by atoms with Gasteiger partial charge in [-0.15, -0.1) is 0 Å². The van der Waals surface area contributed by atoms with E-state index in [1.165, 1.54) is 12.0 Å².